The first kappa shape index (κ1) is 11.5. The van der Waals surface area contributed by atoms with Crippen molar-refractivity contribution < 1.29 is 4.42 Å². The van der Waals surface area contributed by atoms with Crippen LogP contribution < -0.4 is 5.73 Å². The van der Waals surface area contributed by atoms with Crippen molar-refractivity contribution in [1.29, 1.82) is 0 Å². The van der Waals surface area contributed by atoms with Crippen LogP contribution in [0.5, 0.6) is 0 Å². The Hall–Kier alpha value is -3.29. The van der Waals surface area contributed by atoms with Gasteiger partial charge in [-0.2, -0.15) is 4.52 Å². The molecular weight excluding hydrogens is 270 g/mol. The third-order valence-electron chi connectivity index (χ3n) is 2.90. The van der Waals surface area contributed by atoms with Crippen LogP contribution in [0.4, 0.5) is 5.95 Å². The number of nitrogen functional groups attached to an aromatic ring is 1. The standard InChI is InChI=1S/C13H9N7O/c14-13-17-9(12-16-5-6-21-12)7-10-18-11(19-20(10)13)8-3-1-2-4-15-8/h1-7H,(H2,14,17). The number of oxazole rings is 1. The molecule has 0 unspecified atom stereocenters. The summed E-state index contributed by atoms with van der Waals surface area (Å²) in [7, 11) is 0. The summed E-state index contributed by atoms with van der Waals surface area (Å²) in [4.78, 5) is 16.9. The van der Waals surface area contributed by atoms with E-state index in [0.717, 1.165) is 0 Å². The minimum Gasteiger partial charge on any atom is -0.443 e. The van der Waals surface area contributed by atoms with Gasteiger partial charge in [0.25, 0.3) is 0 Å². The molecule has 8 heteroatoms. The van der Waals surface area contributed by atoms with Crippen molar-refractivity contribution in [3.8, 4) is 23.1 Å². The van der Waals surface area contributed by atoms with Crippen LogP contribution in [-0.4, -0.2) is 29.5 Å². The Morgan fingerprint density at radius 1 is 1.05 bits per heavy atom. The molecule has 0 aliphatic heterocycles. The molecule has 0 spiro atoms. The van der Waals surface area contributed by atoms with Gasteiger partial charge in [0.2, 0.25) is 17.7 Å². The Bertz CT molecular complexity index is 899. The number of anilines is 1. The van der Waals surface area contributed by atoms with E-state index in [1.54, 1.807) is 18.5 Å². The van der Waals surface area contributed by atoms with Crippen LogP contribution in [0, 0.1) is 0 Å². The molecule has 0 atom stereocenters. The average Bonchev–Trinajstić information content (AvgIpc) is 3.17. The Kier molecular flexibility index (Phi) is 2.40. The van der Waals surface area contributed by atoms with Crippen molar-refractivity contribution in [3.05, 3.63) is 42.9 Å². The number of nitrogens with zero attached hydrogens (tertiary/aromatic N) is 6. The zero-order valence-electron chi connectivity index (χ0n) is 10.7. The van der Waals surface area contributed by atoms with Gasteiger partial charge in [0.15, 0.2) is 5.65 Å². The minimum absolute atomic E-state index is 0.204. The van der Waals surface area contributed by atoms with Crippen LogP contribution in [0.3, 0.4) is 0 Å². The van der Waals surface area contributed by atoms with Crippen molar-refractivity contribution in [2.75, 3.05) is 5.73 Å². The molecule has 0 bridgehead atoms. The summed E-state index contributed by atoms with van der Waals surface area (Å²) in [6, 6.07) is 7.23. The second-order valence-corrected chi connectivity index (χ2v) is 4.26. The predicted octanol–water partition coefficient (Wildman–Crippen LogP) is 1.42. The van der Waals surface area contributed by atoms with Gasteiger partial charge in [-0.05, 0) is 12.1 Å². The molecule has 0 amide bonds. The van der Waals surface area contributed by atoms with Crippen molar-refractivity contribution >= 4 is 11.6 Å². The van der Waals surface area contributed by atoms with E-state index < -0.39 is 0 Å². The first-order chi connectivity index (χ1) is 10.3. The molecule has 4 aromatic heterocycles. The van der Waals surface area contributed by atoms with Crippen molar-refractivity contribution in [1.82, 2.24) is 29.5 Å². The summed E-state index contributed by atoms with van der Waals surface area (Å²) in [5.41, 5.74) is 7.64. The maximum Gasteiger partial charge on any atom is 0.245 e. The second-order valence-electron chi connectivity index (χ2n) is 4.26. The van der Waals surface area contributed by atoms with Crippen LogP contribution in [0.2, 0.25) is 0 Å². The Balaban J connectivity index is 1.90. The molecule has 102 valence electrons. The highest BCUT2D eigenvalue weighted by Crippen LogP contribution is 2.20. The molecule has 4 aromatic rings. The number of hydrogen-bond donors (Lipinski definition) is 1. The average molecular weight is 279 g/mol. The van der Waals surface area contributed by atoms with Gasteiger partial charge in [0, 0.05) is 12.3 Å². The zero-order chi connectivity index (χ0) is 14.2. The van der Waals surface area contributed by atoms with Crippen LogP contribution >= 0.6 is 0 Å². The van der Waals surface area contributed by atoms with E-state index in [4.69, 9.17) is 10.2 Å². The molecule has 0 radical (unpaired) electrons. The molecule has 0 aliphatic rings. The number of fused-ring (bicyclic) bond motifs is 1. The zero-order valence-corrected chi connectivity index (χ0v) is 10.7. The molecule has 0 aromatic carbocycles. The minimum atomic E-state index is 0.204. The van der Waals surface area contributed by atoms with E-state index in [-0.39, 0.29) is 5.95 Å². The SMILES string of the molecule is Nc1nc(-c2ncco2)cc2nc(-c3ccccn3)nn12. The van der Waals surface area contributed by atoms with Crippen molar-refractivity contribution in [2.45, 2.75) is 0 Å². The van der Waals surface area contributed by atoms with E-state index in [1.807, 2.05) is 18.2 Å². The maximum atomic E-state index is 5.91. The summed E-state index contributed by atoms with van der Waals surface area (Å²) in [5, 5.41) is 4.31. The van der Waals surface area contributed by atoms with E-state index in [1.165, 1.54) is 10.8 Å². The highest BCUT2D eigenvalue weighted by atomic mass is 16.3. The molecular formula is C13H9N7O. The quantitative estimate of drug-likeness (QED) is 0.591. The van der Waals surface area contributed by atoms with Gasteiger partial charge in [-0.3, -0.25) is 4.98 Å². The largest absolute Gasteiger partial charge is 0.443 e. The van der Waals surface area contributed by atoms with Gasteiger partial charge >= 0.3 is 0 Å². The molecule has 0 fully saturated rings. The Morgan fingerprint density at radius 3 is 2.76 bits per heavy atom. The Morgan fingerprint density at radius 2 is 2.00 bits per heavy atom. The summed E-state index contributed by atoms with van der Waals surface area (Å²) in [5.74, 6) is 1.07. The summed E-state index contributed by atoms with van der Waals surface area (Å²) in [6.45, 7) is 0. The molecule has 0 saturated carbocycles. The molecule has 21 heavy (non-hydrogen) atoms. The lowest BCUT2D eigenvalue weighted by molar-refractivity contribution is 0.572. The predicted molar refractivity (Wildman–Crippen MR) is 73.9 cm³/mol. The number of rotatable bonds is 2. The first-order valence-electron chi connectivity index (χ1n) is 6.16. The molecule has 4 rings (SSSR count). The van der Waals surface area contributed by atoms with Crippen LogP contribution in [0.25, 0.3) is 28.8 Å². The highest BCUT2D eigenvalue weighted by molar-refractivity contribution is 5.61. The van der Waals surface area contributed by atoms with E-state index in [9.17, 15) is 0 Å². The van der Waals surface area contributed by atoms with Gasteiger partial charge in [-0.1, -0.05) is 6.07 Å². The number of aromatic nitrogens is 6. The monoisotopic (exact) mass is 279 g/mol. The summed E-state index contributed by atoms with van der Waals surface area (Å²) < 4.78 is 6.67. The van der Waals surface area contributed by atoms with Crippen LogP contribution in [0.15, 0.2) is 47.3 Å². The van der Waals surface area contributed by atoms with Gasteiger partial charge in [-0.25, -0.2) is 15.0 Å². The Labute approximate surface area is 118 Å². The lowest BCUT2D eigenvalue weighted by atomic mass is 10.3. The fraction of sp³-hybridized carbons (Fsp3) is 0. The fourth-order valence-electron chi connectivity index (χ4n) is 1.97. The van der Waals surface area contributed by atoms with Gasteiger partial charge in [-0.15, -0.1) is 5.10 Å². The second kappa shape index (κ2) is 4.37. The number of nitrogens with two attached hydrogens (primary N) is 1. The number of hydrogen-bond acceptors (Lipinski definition) is 7. The van der Waals surface area contributed by atoms with Gasteiger partial charge in [0.05, 0.1) is 6.20 Å². The third-order valence-corrected chi connectivity index (χ3v) is 2.90. The van der Waals surface area contributed by atoms with Gasteiger partial charge in [0.1, 0.15) is 17.7 Å². The maximum absolute atomic E-state index is 5.91. The van der Waals surface area contributed by atoms with E-state index >= 15 is 0 Å². The normalized spacial score (nSPS) is 11.0. The van der Waals surface area contributed by atoms with E-state index in [0.29, 0.717) is 28.8 Å². The lowest BCUT2D eigenvalue weighted by Crippen LogP contribution is -2.03. The van der Waals surface area contributed by atoms with Crippen molar-refractivity contribution in [3.63, 3.8) is 0 Å². The van der Waals surface area contributed by atoms with Crippen molar-refractivity contribution in [2.24, 2.45) is 0 Å². The molecule has 0 aliphatic carbocycles. The molecule has 4 heterocycles. The summed E-state index contributed by atoms with van der Waals surface area (Å²) in [6.07, 6.45) is 4.70. The smallest absolute Gasteiger partial charge is 0.245 e. The highest BCUT2D eigenvalue weighted by Gasteiger charge is 2.13. The van der Waals surface area contributed by atoms with Crippen LogP contribution in [0.1, 0.15) is 0 Å². The molecule has 8 nitrogen and oxygen atoms in total. The van der Waals surface area contributed by atoms with Gasteiger partial charge < -0.3 is 10.2 Å². The molecule has 2 N–H and O–H groups in total. The number of pyridine rings is 1. The topological polar surface area (TPSA) is 108 Å². The van der Waals surface area contributed by atoms with E-state index in [2.05, 4.69) is 25.0 Å². The fourth-order valence-corrected chi connectivity index (χ4v) is 1.97. The first-order valence-corrected chi connectivity index (χ1v) is 6.16. The summed E-state index contributed by atoms with van der Waals surface area (Å²) >= 11 is 0. The van der Waals surface area contributed by atoms with Crippen LogP contribution in [-0.2, 0) is 0 Å². The lowest BCUT2D eigenvalue weighted by Gasteiger charge is -1.99. The molecule has 0 saturated heterocycles. The third kappa shape index (κ3) is 1.89.